The minimum Gasteiger partial charge on any atom is -0.372 e. The molecule has 0 aliphatic rings. The van der Waals surface area contributed by atoms with E-state index in [9.17, 15) is 8.78 Å². The van der Waals surface area contributed by atoms with E-state index in [1.54, 1.807) is 6.20 Å². The van der Waals surface area contributed by atoms with Gasteiger partial charge in [0.05, 0.1) is 16.3 Å². The maximum atomic E-state index is 12.1. The van der Waals surface area contributed by atoms with Gasteiger partial charge >= 0.3 is 0 Å². The number of nitrogens with zero attached hydrogens (tertiary/aromatic N) is 2. The zero-order valence-corrected chi connectivity index (χ0v) is 11.4. The van der Waals surface area contributed by atoms with Crippen molar-refractivity contribution in [1.29, 1.82) is 0 Å². The van der Waals surface area contributed by atoms with E-state index in [1.807, 2.05) is 13.8 Å². The predicted octanol–water partition coefficient (Wildman–Crippen LogP) is 3.07. The highest BCUT2D eigenvalue weighted by Gasteiger charge is 2.11. The van der Waals surface area contributed by atoms with E-state index in [2.05, 4.69) is 27.7 Å². The Morgan fingerprint density at radius 3 is 2.81 bits per heavy atom. The van der Waals surface area contributed by atoms with Gasteiger partial charge in [-0.1, -0.05) is 6.92 Å². The predicted molar refractivity (Wildman–Crippen MR) is 65.5 cm³/mol. The van der Waals surface area contributed by atoms with Gasteiger partial charge in [0.1, 0.15) is 12.2 Å². The van der Waals surface area contributed by atoms with Crippen LogP contribution in [0.4, 0.5) is 8.78 Å². The lowest BCUT2D eigenvalue weighted by Gasteiger charge is -2.08. The molecule has 0 amide bonds. The first kappa shape index (κ1) is 13.8. The van der Waals surface area contributed by atoms with Crippen LogP contribution in [0.2, 0.25) is 0 Å². The van der Waals surface area contributed by atoms with Crippen molar-refractivity contribution in [2.45, 2.75) is 45.9 Å². The second kappa shape index (κ2) is 6.48. The molecule has 1 atom stereocenters. The maximum Gasteiger partial charge on any atom is 0.257 e. The molecule has 0 fully saturated rings. The van der Waals surface area contributed by atoms with Crippen molar-refractivity contribution in [3.63, 3.8) is 0 Å². The highest BCUT2D eigenvalue weighted by Crippen LogP contribution is 2.13. The Hall–Kier alpha value is -0.240. The molecule has 0 saturated carbocycles. The average Bonchev–Trinajstić information content (AvgIpc) is 2.54. The van der Waals surface area contributed by atoms with Gasteiger partial charge in [-0.15, -0.1) is 0 Å². The van der Waals surface area contributed by atoms with Crippen molar-refractivity contribution < 1.29 is 13.5 Å². The third kappa shape index (κ3) is 4.32. The van der Waals surface area contributed by atoms with Crippen LogP contribution in [-0.4, -0.2) is 22.3 Å². The second-order valence-electron chi connectivity index (χ2n) is 3.57. The van der Waals surface area contributed by atoms with Crippen LogP contribution < -0.4 is 0 Å². The lowest BCUT2D eigenvalue weighted by molar-refractivity contribution is 0.0478. The van der Waals surface area contributed by atoms with Crippen molar-refractivity contribution in [2.75, 3.05) is 0 Å². The Morgan fingerprint density at radius 1 is 1.56 bits per heavy atom. The molecule has 1 aromatic heterocycles. The Balaban J connectivity index is 2.56. The molecule has 1 rings (SSSR count). The molecule has 0 aliphatic heterocycles. The molecule has 6 heteroatoms. The van der Waals surface area contributed by atoms with E-state index in [4.69, 9.17) is 4.74 Å². The summed E-state index contributed by atoms with van der Waals surface area (Å²) < 4.78 is 31.9. The lowest BCUT2D eigenvalue weighted by Crippen LogP contribution is -2.09. The molecule has 1 unspecified atom stereocenters. The van der Waals surface area contributed by atoms with E-state index in [0.717, 1.165) is 15.7 Å². The number of hydrogen-bond donors (Lipinski definition) is 0. The molecule has 3 nitrogen and oxygen atoms in total. The third-order valence-corrected chi connectivity index (χ3v) is 3.09. The highest BCUT2D eigenvalue weighted by atomic mass is 127. The largest absolute Gasteiger partial charge is 0.372 e. The van der Waals surface area contributed by atoms with Crippen LogP contribution in [0.5, 0.6) is 0 Å². The second-order valence-corrected chi connectivity index (χ2v) is 4.73. The number of alkyl halides is 2. The zero-order chi connectivity index (χ0) is 12.1. The van der Waals surface area contributed by atoms with Gasteiger partial charge in [-0.3, -0.25) is 4.68 Å². The Kier molecular flexibility index (Phi) is 5.60. The van der Waals surface area contributed by atoms with Crippen molar-refractivity contribution in [3.05, 3.63) is 15.5 Å². The van der Waals surface area contributed by atoms with Gasteiger partial charge in [-0.25, -0.2) is 8.78 Å². The van der Waals surface area contributed by atoms with Gasteiger partial charge in [0.2, 0.25) is 0 Å². The minimum absolute atomic E-state index is 0.163. The molecular weight excluding hydrogens is 329 g/mol. The monoisotopic (exact) mass is 344 g/mol. The fraction of sp³-hybridized carbons (Fsp3) is 0.700. The van der Waals surface area contributed by atoms with Crippen LogP contribution in [0.1, 0.15) is 26.0 Å². The summed E-state index contributed by atoms with van der Waals surface area (Å²) in [5.74, 6) is 0. The summed E-state index contributed by atoms with van der Waals surface area (Å²) in [5.41, 5.74) is 0.724. The summed E-state index contributed by atoms with van der Waals surface area (Å²) >= 11 is 2.08. The average molecular weight is 344 g/mol. The van der Waals surface area contributed by atoms with Crippen molar-refractivity contribution in [3.8, 4) is 0 Å². The molecule has 0 N–H and O–H groups in total. The molecule has 16 heavy (non-hydrogen) atoms. The number of hydrogen-bond acceptors (Lipinski definition) is 2. The van der Waals surface area contributed by atoms with Crippen LogP contribution in [0.25, 0.3) is 0 Å². The van der Waals surface area contributed by atoms with Gasteiger partial charge in [0.25, 0.3) is 6.43 Å². The molecule has 0 aliphatic carbocycles. The Labute approximate surface area is 107 Å². The van der Waals surface area contributed by atoms with Gasteiger partial charge in [-0.2, -0.15) is 5.10 Å². The summed E-state index contributed by atoms with van der Waals surface area (Å²) in [6, 6.07) is 0. The molecular formula is C10H15F2IN2O. The van der Waals surface area contributed by atoms with Crippen molar-refractivity contribution >= 4 is 22.6 Å². The molecule has 92 valence electrons. The van der Waals surface area contributed by atoms with Crippen LogP contribution in [0, 0.1) is 3.57 Å². The molecule has 0 saturated heterocycles. The van der Waals surface area contributed by atoms with E-state index in [-0.39, 0.29) is 12.6 Å². The first-order valence-corrected chi connectivity index (χ1v) is 6.22. The van der Waals surface area contributed by atoms with Crippen LogP contribution in [0.3, 0.4) is 0 Å². The number of rotatable bonds is 6. The van der Waals surface area contributed by atoms with Crippen LogP contribution in [0.15, 0.2) is 6.20 Å². The zero-order valence-electron chi connectivity index (χ0n) is 9.29. The van der Waals surface area contributed by atoms with E-state index in [1.165, 1.54) is 4.68 Å². The SMILES string of the molecule is CCC(C)OCc1nn(CC(F)F)cc1I. The smallest absolute Gasteiger partial charge is 0.257 e. The highest BCUT2D eigenvalue weighted by molar-refractivity contribution is 14.1. The topological polar surface area (TPSA) is 27.1 Å². The minimum atomic E-state index is -2.38. The van der Waals surface area contributed by atoms with Gasteiger partial charge in [0.15, 0.2) is 0 Å². The summed E-state index contributed by atoms with van der Waals surface area (Å²) in [6.45, 7) is 4.02. The normalized spacial score (nSPS) is 13.4. The molecule has 1 heterocycles. The van der Waals surface area contributed by atoms with Crippen molar-refractivity contribution in [2.24, 2.45) is 0 Å². The van der Waals surface area contributed by atoms with E-state index in [0.29, 0.717) is 6.61 Å². The van der Waals surface area contributed by atoms with E-state index < -0.39 is 6.43 Å². The lowest BCUT2D eigenvalue weighted by atomic mass is 10.3. The molecule has 0 radical (unpaired) electrons. The third-order valence-electron chi connectivity index (χ3n) is 2.19. The number of halogens is 3. The molecule has 0 aromatic carbocycles. The van der Waals surface area contributed by atoms with E-state index >= 15 is 0 Å². The summed E-state index contributed by atoms with van der Waals surface area (Å²) in [4.78, 5) is 0. The fourth-order valence-corrected chi connectivity index (χ4v) is 1.69. The first-order chi connectivity index (χ1) is 7.52. The van der Waals surface area contributed by atoms with Crippen LogP contribution >= 0.6 is 22.6 Å². The summed E-state index contributed by atoms with van der Waals surface area (Å²) in [5, 5.41) is 4.06. The molecule has 0 spiro atoms. The van der Waals surface area contributed by atoms with Gasteiger partial charge in [-0.05, 0) is 35.9 Å². The number of aromatic nitrogens is 2. The molecule has 1 aromatic rings. The summed E-state index contributed by atoms with van der Waals surface area (Å²) in [7, 11) is 0. The Morgan fingerprint density at radius 2 is 2.25 bits per heavy atom. The fourth-order valence-electron chi connectivity index (χ4n) is 1.11. The quantitative estimate of drug-likeness (QED) is 0.742. The summed E-state index contributed by atoms with van der Waals surface area (Å²) in [6.07, 6.45) is 0.325. The van der Waals surface area contributed by atoms with Gasteiger partial charge < -0.3 is 4.74 Å². The van der Waals surface area contributed by atoms with Crippen LogP contribution in [-0.2, 0) is 17.9 Å². The van der Waals surface area contributed by atoms with Gasteiger partial charge in [0, 0.05) is 6.20 Å². The number of ether oxygens (including phenoxy) is 1. The first-order valence-electron chi connectivity index (χ1n) is 5.14. The maximum absolute atomic E-state index is 12.1. The standard InChI is InChI=1S/C10H15F2IN2O/c1-3-7(2)16-6-9-8(13)4-15(14-9)5-10(11)12/h4,7,10H,3,5-6H2,1-2H3. The molecule has 0 bridgehead atoms. The van der Waals surface area contributed by atoms with Crippen molar-refractivity contribution in [1.82, 2.24) is 9.78 Å². The Bertz CT molecular complexity index is 331.